The zero-order chi connectivity index (χ0) is 16.4. The van der Waals surface area contributed by atoms with Gasteiger partial charge in [-0.25, -0.2) is 0 Å². The Morgan fingerprint density at radius 2 is 1.96 bits per heavy atom. The number of nitrogens with zero attached hydrogens (tertiary/aromatic N) is 1. The van der Waals surface area contributed by atoms with Crippen molar-refractivity contribution < 1.29 is 14.3 Å². The molecule has 1 heterocycles. The van der Waals surface area contributed by atoms with Crippen molar-refractivity contribution in [3.63, 3.8) is 0 Å². The monoisotopic (exact) mass is 329 g/mol. The summed E-state index contributed by atoms with van der Waals surface area (Å²) in [5, 5.41) is 0.501. The normalized spacial score (nSPS) is 13.7. The molecule has 2 aromatic rings. The molecule has 1 amide bonds. The number of amides is 1. The Bertz CT molecular complexity index is 755. The number of ether oxygens (including phenoxy) is 1. The lowest BCUT2D eigenvalue weighted by Gasteiger charge is -2.29. The van der Waals surface area contributed by atoms with Gasteiger partial charge in [-0.05, 0) is 35.9 Å². The van der Waals surface area contributed by atoms with E-state index in [4.69, 9.17) is 16.3 Å². The molecule has 0 aliphatic carbocycles. The smallest absolute Gasteiger partial charge is 0.231 e. The van der Waals surface area contributed by atoms with Crippen LogP contribution in [-0.4, -0.2) is 25.3 Å². The van der Waals surface area contributed by atoms with Crippen molar-refractivity contribution >= 4 is 29.0 Å². The van der Waals surface area contributed by atoms with E-state index in [0.29, 0.717) is 29.2 Å². The molecular weight excluding hydrogens is 314 g/mol. The number of benzene rings is 2. The van der Waals surface area contributed by atoms with Gasteiger partial charge in [-0.3, -0.25) is 9.59 Å². The van der Waals surface area contributed by atoms with E-state index in [0.717, 1.165) is 11.3 Å². The van der Waals surface area contributed by atoms with E-state index in [2.05, 4.69) is 0 Å². The van der Waals surface area contributed by atoms with Gasteiger partial charge in [0.25, 0.3) is 0 Å². The van der Waals surface area contributed by atoms with Crippen LogP contribution in [0.3, 0.4) is 0 Å². The molecule has 0 spiro atoms. The second-order valence-electron chi connectivity index (χ2n) is 5.40. The predicted octanol–water partition coefficient (Wildman–Crippen LogP) is 3.51. The maximum atomic E-state index is 12.6. The summed E-state index contributed by atoms with van der Waals surface area (Å²) in [5.41, 5.74) is 2.07. The summed E-state index contributed by atoms with van der Waals surface area (Å²) >= 11 is 5.96. The number of Topliss-reactive ketones (excluding diaryl/α,β-unsaturated/α-hetero) is 1. The van der Waals surface area contributed by atoms with Gasteiger partial charge in [-0.2, -0.15) is 0 Å². The van der Waals surface area contributed by atoms with Crippen LogP contribution in [0.1, 0.15) is 22.3 Å². The van der Waals surface area contributed by atoms with Crippen LogP contribution in [-0.2, 0) is 11.2 Å². The van der Waals surface area contributed by atoms with E-state index < -0.39 is 0 Å². The average Bonchev–Trinajstić information content (AvgIpc) is 2.56. The van der Waals surface area contributed by atoms with E-state index >= 15 is 0 Å². The molecule has 2 aromatic carbocycles. The van der Waals surface area contributed by atoms with Crippen LogP contribution < -0.4 is 9.64 Å². The van der Waals surface area contributed by atoms with Crippen molar-refractivity contribution in [3.8, 4) is 5.75 Å². The molecule has 4 nitrogen and oxygen atoms in total. The number of halogens is 1. The quantitative estimate of drug-likeness (QED) is 0.865. The summed E-state index contributed by atoms with van der Waals surface area (Å²) in [5.74, 6) is 0.743. The molecule has 1 aliphatic heterocycles. The Morgan fingerprint density at radius 3 is 2.65 bits per heavy atom. The number of methoxy groups -OCH3 is 1. The minimum atomic E-state index is -0.0359. The van der Waals surface area contributed by atoms with E-state index in [-0.39, 0.29) is 18.1 Å². The summed E-state index contributed by atoms with van der Waals surface area (Å²) in [6.45, 7) is 0.405. The lowest BCUT2D eigenvalue weighted by atomic mass is 9.99. The SMILES string of the molecule is COc1ccc(CC(=O)N2CCC(=O)c3cc(Cl)ccc32)cc1. The van der Waals surface area contributed by atoms with Gasteiger partial charge >= 0.3 is 0 Å². The van der Waals surface area contributed by atoms with Gasteiger partial charge in [0.05, 0.1) is 19.2 Å². The topological polar surface area (TPSA) is 46.6 Å². The zero-order valence-corrected chi connectivity index (χ0v) is 13.5. The highest BCUT2D eigenvalue weighted by molar-refractivity contribution is 6.31. The highest BCUT2D eigenvalue weighted by Gasteiger charge is 2.27. The predicted molar refractivity (Wildman–Crippen MR) is 89.5 cm³/mol. The highest BCUT2D eigenvalue weighted by Crippen LogP contribution is 2.30. The first-order valence-corrected chi connectivity index (χ1v) is 7.72. The third kappa shape index (κ3) is 3.22. The van der Waals surface area contributed by atoms with Gasteiger partial charge in [-0.15, -0.1) is 0 Å². The number of hydrogen-bond donors (Lipinski definition) is 0. The number of carbonyl (C=O) groups is 2. The fourth-order valence-corrected chi connectivity index (χ4v) is 2.88. The van der Waals surface area contributed by atoms with E-state index in [1.165, 1.54) is 0 Å². The first-order chi connectivity index (χ1) is 11.1. The van der Waals surface area contributed by atoms with E-state index in [1.807, 2.05) is 24.3 Å². The zero-order valence-electron chi connectivity index (χ0n) is 12.7. The van der Waals surface area contributed by atoms with Crippen LogP contribution in [0.4, 0.5) is 5.69 Å². The second-order valence-corrected chi connectivity index (χ2v) is 5.84. The third-order valence-electron chi connectivity index (χ3n) is 3.93. The summed E-state index contributed by atoms with van der Waals surface area (Å²) < 4.78 is 5.11. The molecule has 3 rings (SSSR count). The Kier molecular flexibility index (Phi) is 4.35. The number of ketones is 1. The fourth-order valence-electron chi connectivity index (χ4n) is 2.71. The molecule has 0 fully saturated rings. The van der Waals surface area contributed by atoms with Gasteiger partial charge in [0.2, 0.25) is 5.91 Å². The molecule has 0 N–H and O–H groups in total. The Balaban J connectivity index is 1.83. The van der Waals surface area contributed by atoms with Crippen LogP contribution >= 0.6 is 11.6 Å². The van der Waals surface area contributed by atoms with Crippen molar-refractivity contribution in [1.29, 1.82) is 0 Å². The number of carbonyl (C=O) groups excluding carboxylic acids is 2. The molecule has 118 valence electrons. The third-order valence-corrected chi connectivity index (χ3v) is 4.16. The van der Waals surface area contributed by atoms with Crippen LogP contribution in [0.25, 0.3) is 0 Å². The second kappa shape index (κ2) is 6.42. The Labute approximate surface area is 139 Å². The first-order valence-electron chi connectivity index (χ1n) is 7.34. The van der Waals surface area contributed by atoms with Crippen LogP contribution in [0, 0.1) is 0 Å². The van der Waals surface area contributed by atoms with E-state index in [1.54, 1.807) is 30.2 Å². The molecule has 0 atom stereocenters. The van der Waals surface area contributed by atoms with Crippen molar-refractivity contribution in [2.24, 2.45) is 0 Å². The van der Waals surface area contributed by atoms with Gasteiger partial charge in [0, 0.05) is 23.6 Å². The van der Waals surface area contributed by atoms with Crippen molar-refractivity contribution in [1.82, 2.24) is 0 Å². The van der Waals surface area contributed by atoms with Crippen LogP contribution in [0.2, 0.25) is 5.02 Å². The summed E-state index contributed by atoms with van der Waals surface area (Å²) in [6, 6.07) is 12.5. The molecule has 0 unspecified atom stereocenters. The molecule has 0 radical (unpaired) electrons. The van der Waals surface area contributed by atoms with Crippen LogP contribution in [0.5, 0.6) is 5.75 Å². The standard InChI is InChI=1S/C18H16ClNO3/c1-23-14-5-2-12(3-6-14)10-18(22)20-9-8-17(21)15-11-13(19)4-7-16(15)20/h2-7,11H,8-10H2,1H3. The molecule has 0 aromatic heterocycles. The molecular formula is C18H16ClNO3. The lowest BCUT2D eigenvalue weighted by molar-refractivity contribution is -0.118. The average molecular weight is 330 g/mol. The molecule has 5 heteroatoms. The van der Waals surface area contributed by atoms with Crippen molar-refractivity contribution in [2.45, 2.75) is 12.8 Å². The minimum Gasteiger partial charge on any atom is -0.497 e. The van der Waals surface area contributed by atoms with Gasteiger partial charge in [0.15, 0.2) is 5.78 Å². The fraction of sp³-hybridized carbons (Fsp3) is 0.222. The highest BCUT2D eigenvalue weighted by atomic mass is 35.5. The molecule has 0 saturated heterocycles. The number of rotatable bonds is 3. The number of fused-ring (bicyclic) bond motifs is 1. The van der Waals surface area contributed by atoms with Gasteiger partial charge in [0.1, 0.15) is 5.75 Å². The van der Waals surface area contributed by atoms with Gasteiger partial charge < -0.3 is 9.64 Å². The first kappa shape index (κ1) is 15.6. The molecule has 1 aliphatic rings. The van der Waals surface area contributed by atoms with Crippen molar-refractivity contribution in [3.05, 3.63) is 58.6 Å². The Hall–Kier alpha value is -2.33. The maximum Gasteiger partial charge on any atom is 0.231 e. The van der Waals surface area contributed by atoms with E-state index in [9.17, 15) is 9.59 Å². The molecule has 0 bridgehead atoms. The summed E-state index contributed by atoms with van der Waals surface area (Å²) in [6.07, 6.45) is 0.599. The maximum absolute atomic E-state index is 12.6. The minimum absolute atomic E-state index is 0.0241. The van der Waals surface area contributed by atoms with Crippen molar-refractivity contribution in [2.75, 3.05) is 18.6 Å². The summed E-state index contributed by atoms with van der Waals surface area (Å²) in [4.78, 5) is 26.3. The largest absolute Gasteiger partial charge is 0.497 e. The Morgan fingerprint density at radius 1 is 1.22 bits per heavy atom. The summed E-state index contributed by atoms with van der Waals surface area (Å²) in [7, 11) is 1.60. The lowest BCUT2D eigenvalue weighted by Crippen LogP contribution is -2.38. The van der Waals surface area contributed by atoms with Crippen LogP contribution in [0.15, 0.2) is 42.5 Å². The number of anilines is 1. The number of hydrogen-bond acceptors (Lipinski definition) is 3. The molecule has 0 saturated carbocycles. The molecule has 23 heavy (non-hydrogen) atoms. The van der Waals surface area contributed by atoms with Gasteiger partial charge in [-0.1, -0.05) is 23.7 Å².